The second-order valence-electron chi connectivity index (χ2n) is 5.99. The van der Waals surface area contributed by atoms with Gasteiger partial charge in [-0.1, -0.05) is 20.8 Å². The number of aromatic amines is 1. The van der Waals surface area contributed by atoms with E-state index in [9.17, 15) is 4.79 Å². The molecular weight excluding hydrogens is 306 g/mol. The number of amides is 1. The molecule has 130 valence electrons. The van der Waals surface area contributed by atoms with Crippen molar-refractivity contribution in [1.29, 1.82) is 0 Å². The molecule has 2 rings (SSSR count). The standard InChI is InChI=1S/C18H25N3O3/c1-6-14-18(19-16(22)9-11(2)3)17(21-20-14)13-8-7-12(23-4)10-15(13)24-5/h7-8,10-11H,6,9H2,1-5H3,(H,19,22)(H,20,21). The van der Waals surface area contributed by atoms with Gasteiger partial charge in [0.05, 0.1) is 25.6 Å². The van der Waals surface area contributed by atoms with Crippen molar-refractivity contribution in [2.24, 2.45) is 5.92 Å². The van der Waals surface area contributed by atoms with Gasteiger partial charge in [-0.25, -0.2) is 0 Å². The molecule has 0 fully saturated rings. The van der Waals surface area contributed by atoms with Crippen LogP contribution in [0.5, 0.6) is 11.5 Å². The Kier molecular flexibility index (Phi) is 5.84. The van der Waals surface area contributed by atoms with Crippen molar-refractivity contribution in [2.45, 2.75) is 33.6 Å². The van der Waals surface area contributed by atoms with Crippen LogP contribution in [0.2, 0.25) is 0 Å². The lowest BCUT2D eigenvalue weighted by atomic mass is 10.1. The molecule has 1 amide bonds. The zero-order chi connectivity index (χ0) is 17.7. The predicted molar refractivity (Wildman–Crippen MR) is 94.6 cm³/mol. The van der Waals surface area contributed by atoms with E-state index in [0.717, 1.165) is 17.7 Å². The second kappa shape index (κ2) is 7.86. The molecule has 2 aromatic rings. The van der Waals surface area contributed by atoms with E-state index in [1.165, 1.54) is 0 Å². The number of ether oxygens (including phenoxy) is 2. The molecular formula is C18H25N3O3. The number of benzene rings is 1. The van der Waals surface area contributed by atoms with Gasteiger partial charge in [0.25, 0.3) is 0 Å². The van der Waals surface area contributed by atoms with E-state index in [1.807, 2.05) is 32.9 Å². The highest BCUT2D eigenvalue weighted by Gasteiger charge is 2.20. The second-order valence-corrected chi connectivity index (χ2v) is 5.99. The molecule has 0 radical (unpaired) electrons. The van der Waals surface area contributed by atoms with Crippen LogP contribution in [0.4, 0.5) is 5.69 Å². The van der Waals surface area contributed by atoms with E-state index in [2.05, 4.69) is 15.5 Å². The maximum Gasteiger partial charge on any atom is 0.224 e. The molecule has 6 nitrogen and oxygen atoms in total. The fourth-order valence-electron chi connectivity index (χ4n) is 2.52. The van der Waals surface area contributed by atoms with Crippen LogP contribution < -0.4 is 14.8 Å². The molecule has 0 unspecified atom stereocenters. The number of methoxy groups -OCH3 is 2. The van der Waals surface area contributed by atoms with Gasteiger partial charge in [-0.2, -0.15) is 5.10 Å². The molecule has 0 aliphatic heterocycles. The number of anilines is 1. The van der Waals surface area contributed by atoms with Gasteiger partial charge in [-0.3, -0.25) is 9.89 Å². The summed E-state index contributed by atoms with van der Waals surface area (Å²) >= 11 is 0. The van der Waals surface area contributed by atoms with E-state index in [1.54, 1.807) is 20.3 Å². The number of aryl methyl sites for hydroxylation is 1. The first-order chi connectivity index (χ1) is 11.5. The summed E-state index contributed by atoms with van der Waals surface area (Å²) in [4.78, 5) is 12.2. The molecule has 0 saturated carbocycles. The number of hydrogen-bond donors (Lipinski definition) is 2. The van der Waals surface area contributed by atoms with Crippen LogP contribution in [-0.4, -0.2) is 30.3 Å². The zero-order valence-corrected chi connectivity index (χ0v) is 14.9. The molecule has 0 aliphatic carbocycles. The van der Waals surface area contributed by atoms with E-state index in [0.29, 0.717) is 35.2 Å². The fraction of sp³-hybridized carbons (Fsp3) is 0.444. The highest BCUT2D eigenvalue weighted by Crippen LogP contribution is 2.37. The minimum absolute atomic E-state index is 0.0187. The summed E-state index contributed by atoms with van der Waals surface area (Å²) in [6.45, 7) is 6.05. The van der Waals surface area contributed by atoms with Crippen molar-refractivity contribution in [3.63, 3.8) is 0 Å². The van der Waals surface area contributed by atoms with E-state index in [-0.39, 0.29) is 5.91 Å². The highest BCUT2D eigenvalue weighted by atomic mass is 16.5. The smallest absolute Gasteiger partial charge is 0.224 e. The summed E-state index contributed by atoms with van der Waals surface area (Å²) in [5.74, 6) is 1.62. The topological polar surface area (TPSA) is 76.2 Å². The van der Waals surface area contributed by atoms with Crippen LogP contribution in [0, 0.1) is 5.92 Å². The molecule has 6 heteroatoms. The first-order valence-corrected chi connectivity index (χ1v) is 8.09. The third-order valence-electron chi connectivity index (χ3n) is 3.72. The van der Waals surface area contributed by atoms with E-state index >= 15 is 0 Å². The Labute approximate surface area is 142 Å². The molecule has 1 heterocycles. The van der Waals surface area contributed by atoms with Crippen LogP contribution in [0.15, 0.2) is 18.2 Å². The Balaban J connectivity index is 2.44. The van der Waals surface area contributed by atoms with E-state index < -0.39 is 0 Å². The molecule has 0 aliphatic rings. The Morgan fingerprint density at radius 2 is 2.04 bits per heavy atom. The number of rotatable bonds is 7. The van der Waals surface area contributed by atoms with Crippen LogP contribution in [-0.2, 0) is 11.2 Å². The summed E-state index contributed by atoms with van der Waals surface area (Å²) in [6.07, 6.45) is 1.20. The normalized spacial score (nSPS) is 10.8. The van der Waals surface area contributed by atoms with Crippen LogP contribution in [0.25, 0.3) is 11.3 Å². The molecule has 0 spiro atoms. The number of nitrogens with zero attached hydrogens (tertiary/aromatic N) is 1. The maximum atomic E-state index is 12.2. The van der Waals surface area contributed by atoms with E-state index in [4.69, 9.17) is 9.47 Å². The largest absolute Gasteiger partial charge is 0.497 e. The molecule has 2 N–H and O–H groups in total. The number of carbonyl (C=O) groups excluding carboxylic acids is 1. The van der Waals surface area contributed by atoms with Crippen molar-refractivity contribution in [3.05, 3.63) is 23.9 Å². The predicted octanol–water partition coefficient (Wildman–Crippen LogP) is 3.64. The number of nitrogens with one attached hydrogen (secondary N) is 2. The van der Waals surface area contributed by atoms with Gasteiger partial charge >= 0.3 is 0 Å². The summed E-state index contributed by atoms with van der Waals surface area (Å²) in [7, 11) is 3.21. The molecule has 0 saturated heterocycles. The average molecular weight is 331 g/mol. The van der Waals surface area contributed by atoms with Gasteiger partial charge in [-0.05, 0) is 24.5 Å². The zero-order valence-electron chi connectivity index (χ0n) is 14.9. The van der Waals surface area contributed by atoms with Crippen molar-refractivity contribution in [1.82, 2.24) is 10.2 Å². The third kappa shape index (κ3) is 3.88. The van der Waals surface area contributed by atoms with Crippen molar-refractivity contribution < 1.29 is 14.3 Å². The lowest BCUT2D eigenvalue weighted by Crippen LogP contribution is -2.15. The van der Waals surface area contributed by atoms with Crippen molar-refractivity contribution in [2.75, 3.05) is 19.5 Å². The summed E-state index contributed by atoms with van der Waals surface area (Å²) in [6, 6.07) is 5.53. The molecule has 0 bridgehead atoms. The molecule has 1 aromatic heterocycles. The van der Waals surface area contributed by atoms with Crippen LogP contribution >= 0.6 is 0 Å². The number of carbonyl (C=O) groups is 1. The fourth-order valence-corrected chi connectivity index (χ4v) is 2.52. The van der Waals surface area contributed by atoms with Gasteiger partial charge in [0.1, 0.15) is 17.2 Å². The monoisotopic (exact) mass is 331 g/mol. The van der Waals surface area contributed by atoms with Gasteiger partial charge in [-0.15, -0.1) is 0 Å². The number of aromatic nitrogens is 2. The van der Waals surface area contributed by atoms with Gasteiger partial charge in [0.15, 0.2) is 0 Å². The maximum absolute atomic E-state index is 12.2. The Morgan fingerprint density at radius 1 is 1.29 bits per heavy atom. The minimum atomic E-state index is -0.0187. The Morgan fingerprint density at radius 3 is 2.62 bits per heavy atom. The molecule has 24 heavy (non-hydrogen) atoms. The third-order valence-corrected chi connectivity index (χ3v) is 3.72. The van der Waals surface area contributed by atoms with Crippen molar-refractivity contribution >= 4 is 11.6 Å². The Bertz CT molecular complexity index is 708. The van der Waals surface area contributed by atoms with Crippen molar-refractivity contribution in [3.8, 4) is 22.8 Å². The summed E-state index contributed by atoms with van der Waals surface area (Å²) in [5, 5.41) is 10.4. The number of hydrogen-bond acceptors (Lipinski definition) is 4. The Hall–Kier alpha value is -2.50. The first-order valence-electron chi connectivity index (χ1n) is 8.09. The number of H-pyrrole nitrogens is 1. The molecule has 0 atom stereocenters. The van der Waals surface area contributed by atoms with Gasteiger partial charge < -0.3 is 14.8 Å². The first kappa shape index (κ1) is 17.8. The molecule has 1 aromatic carbocycles. The quantitative estimate of drug-likeness (QED) is 0.812. The lowest BCUT2D eigenvalue weighted by Gasteiger charge is -2.12. The average Bonchev–Trinajstić information content (AvgIpc) is 2.95. The SMILES string of the molecule is CCc1[nH]nc(-c2ccc(OC)cc2OC)c1NC(=O)CC(C)C. The van der Waals surface area contributed by atoms with Crippen LogP contribution in [0.1, 0.15) is 32.9 Å². The minimum Gasteiger partial charge on any atom is -0.497 e. The highest BCUT2D eigenvalue weighted by molar-refractivity contribution is 5.96. The van der Waals surface area contributed by atoms with Gasteiger partial charge in [0, 0.05) is 18.1 Å². The van der Waals surface area contributed by atoms with Crippen LogP contribution in [0.3, 0.4) is 0 Å². The summed E-state index contributed by atoms with van der Waals surface area (Å²) in [5.41, 5.74) is 3.07. The summed E-state index contributed by atoms with van der Waals surface area (Å²) < 4.78 is 10.7. The lowest BCUT2D eigenvalue weighted by molar-refractivity contribution is -0.116. The van der Waals surface area contributed by atoms with Gasteiger partial charge in [0.2, 0.25) is 5.91 Å².